The van der Waals surface area contributed by atoms with Crippen molar-refractivity contribution in [2.45, 2.75) is 104 Å². The molecule has 3 amide bonds. The van der Waals surface area contributed by atoms with E-state index in [0.29, 0.717) is 17.9 Å². The van der Waals surface area contributed by atoms with Crippen molar-refractivity contribution in [1.82, 2.24) is 20.5 Å². The van der Waals surface area contributed by atoms with Gasteiger partial charge in [0.25, 0.3) is 5.91 Å². The molecule has 1 aliphatic rings. The molecule has 11 heteroatoms. The summed E-state index contributed by atoms with van der Waals surface area (Å²) < 4.78 is 12.5. The van der Waals surface area contributed by atoms with Crippen molar-refractivity contribution in [3.63, 3.8) is 0 Å². The van der Waals surface area contributed by atoms with E-state index in [1.54, 1.807) is 6.07 Å². The van der Waals surface area contributed by atoms with E-state index >= 15 is 0 Å². The first kappa shape index (κ1) is 35.4. The van der Waals surface area contributed by atoms with Crippen LogP contribution in [-0.4, -0.2) is 57.4 Å². The third-order valence-corrected chi connectivity index (χ3v) is 8.26. The van der Waals surface area contributed by atoms with Gasteiger partial charge in [-0.15, -0.1) is 0 Å². The summed E-state index contributed by atoms with van der Waals surface area (Å²) in [4.78, 5) is 42.7. The molecular weight excluding hydrogens is 622 g/mol. The summed E-state index contributed by atoms with van der Waals surface area (Å²) >= 11 is 0. The highest BCUT2D eigenvalue weighted by Gasteiger charge is 2.27. The Labute approximate surface area is 287 Å². The van der Waals surface area contributed by atoms with Gasteiger partial charge in [-0.25, -0.2) is 14.6 Å². The Morgan fingerprint density at radius 1 is 0.878 bits per heavy atom. The van der Waals surface area contributed by atoms with Crippen molar-refractivity contribution in [1.29, 1.82) is 0 Å². The van der Waals surface area contributed by atoms with Crippen LogP contribution in [0, 0.1) is 0 Å². The Bertz CT molecular complexity index is 1860. The Morgan fingerprint density at radius 3 is 2.24 bits per heavy atom. The molecule has 0 aliphatic heterocycles. The number of hydrogen-bond donors (Lipinski definition) is 4. The largest absolute Gasteiger partial charge is 0.444 e. The minimum absolute atomic E-state index is 0.0102. The van der Waals surface area contributed by atoms with E-state index < -0.39 is 23.3 Å². The van der Waals surface area contributed by atoms with E-state index in [9.17, 15) is 19.5 Å². The van der Waals surface area contributed by atoms with Crippen LogP contribution in [0.1, 0.15) is 88.8 Å². The molecule has 4 aromatic rings. The zero-order valence-corrected chi connectivity index (χ0v) is 29.1. The smallest absolute Gasteiger partial charge is 0.413 e. The van der Waals surface area contributed by atoms with E-state index in [1.807, 2.05) is 101 Å². The van der Waals surface area contributed by atoms with Crippen LogP contribution in [0.5, 0.6) is 0 Å². The number of benzene rings is 3. The zero-order chi connectivity index (χ0) is 35.3. The highest BCUT2D eigenvalue weighted by atomic mass is 16.6. The summed E-state index contributed by atoms with van der Waals surface area (Å²) in [5.41, 5.74) is 2.54. The van der Waals surface area contributed by atoms with Gasteiger partial charge in [0, 0.05) is 29.6 Å². The maximum atomic E-state index is 14.0. The number of hydrogen-bond acceptors (Lipinski definition) is 7. The molecule has 0 unspecified atom stereocenters. The average Bonchev–Trinajstić information content (AvgIpc) is 3.37. The number of fused-ring (bicyclic) bond motifs is 2. The number of nitrogens with zero attached hydrogens (tertiary/aromatic N) is 2. The second kappa shape index (κ2) is 14.7. The van der Waals surface area contributed by atoms with Crippen molar-refractivity contribution >= 4 is 51.9 Å². The molecule has 4 N–H and O–H groups in total. The van der Waals surface area contributed by atoms with Crippen molar-refractivity contribution in [3.05, 3.63) is 77.5 Å². The number of aliphatic imine (C=N–C) groups is 1. The van der Waals surface area contributed by atoms with Crippen LogP contribution < -0.4 is 16.0 Å². The third kappa shape index (κ3) is 9.60. The molecule has 5 rings (SSSR count). The average molecular weight is 670 g/mol. The molecule has 1 fully saturated rings. The van der Waals surface area contributed by atoms with Gasteiger partial charge in [-0.2, -0.15) is 0 Å². The highest BCUT2D eigenvalue weighted by Crippen LogP contribution is 2.29. The van der Waals surface area contributed by atoms with Gasteiger partial charge in [0.15, 0.2) is 6.40 Å². The number of rotatable bonds is 8. The second-order valence-corrected chi connectivity index (χ2v) is 14.7. The number of aliphatic hydroxyl groups excluding tert-OH is 1. The minimum Gasteiger partial charge on any atom is -0.444 e. The van der Waals surface area contributed by atoms with Crippen molar-refractivity contribution in [2.75, 3.05) is 0 Å². The molecule has 1 aliphatic carbocycles. The molecule has 260 valence electrons. The third-order valence-electron chi connectivity index (χ3n) is 8.26. The monoisotopic (exact) mass is 669 g/mol. The normalized spacial score (nSPS) is 16.9. The maximum absolute atomic E-state index is 14.0. The lowest BCUT2D eigenvalue weighted by Gasteiger charge is -2.30. The summed E-state index contributed by atoms with van der Waals surface area (Å²) in [6.45, 7) is 11.3. The van der Waals surface area contributed by atoms with E-state index in [4.69, 9.17) is 9.47 Å². The van der Waals surface area contributed by atoms with Gasteiger partial charge in [-0.3, -0.25) is 4.79 Å². The van der Waals surface area contributed by atoms with Gasteiger partial charge in [0.2, 0.25) is 0 Å². The van der Waals surface area contributed by atoms with E-state index in [2.05, 4.69) is 20.9 Å². The molecule has 0 bridgehead atoms. The lowest BCUT2D eigenvalue weighted by molar-refractivity contribution is 0.0487. The van der Waals surface area contributed by atoms with Gasteiger partial charge in [0.05, 0.1) is 17.8 Å². The number of nitrogens with one attached hydrogen (secondary N) is 3. The molecule has 0 radical (unpaired) electrons. The molecule has 49 heavy (non-hydrogen) atoms. The number of carbonyl (C=O) groups excluding carboxylic acids is 3. The van der Waals surface area contributed by atoms with E-state index in [0.717, 1.165) is 64.9 Å². The molecule has 0 saturated heterocycles. The lowest BCUT2D eigenvalue weighted by atomic mass is 9.91. The predicted molar refractivity (Wildman–Crippen MR) is 191 cm³/mol. The first-order chi connectivity index (χ1) is 23.2. The minimum atomic E-state index is -0.607. The van der Waals surface area contributed by atoms with Gasteiger partial charge >= 0.3 is 12.2 Å². The standard InChI is InChI=1S/C38H47N5O6/c1-37(2,3)42-36(47)48-23-39-30-12-11-26-19-33(34(45)40-28-13-15-29(16-14-28)41-35(46)49-38(4,5)6)43(32(26)20-30)21-27-18-24(22-44)17-25-9-7-8-10-31(25)27/h7-12,17-20,23,28-29,44H,13-16,21-22H2,1-6H3,(H,40,45)(H,41,46)(H,42,47). The number of alkyl carbamates (subject to hydrolysis) is 2. The fourth-order valence-corrected chi connectivity index (χ4v) is 6.12. The number of aliphatic hydroxyl groups is 1. The molecule has 1 saturated carbocycles. The van der Waals surface area contributed by atoms with Crippen molar-refractivity contribution in [2.24, 2.45) is 4.99 Å². The molecule has 1 heterocycles. The Balaban J connectivity index is 1.41. The number of aromatic nitrogens is 1. The van der Waals surface area contributed by atoms with Crippen LogP contribution in [-0.2, 0) is 22.6 Å². The first-order valence-corrected chi connectivity index (χ1v) is 16.7. The molecule has 0 atom stereocenters. The topological polar surface area (TPSA) is 143 Å². The van der Waals surface area contributed by atoms with E-state index in [-0.39, 0.29) is 24.6 Å². The maximum Gasteiger partial charge on any atom is 0.413 e. The van der Waals surface area contributed by atoms with E-state index in [1.165, 1.54) is 0 Å². The van der Waals surface area contributed by atoms with Crippen LogP contribution in [0.15, 0.2) is 65.7 Å². The van der Waals surface area contributed by atoms with Gasteiger partial charge in [-0.05, 0) is 113 Å². The lowest BCUT2D eigenvalue weighted by Crippen LogP contribution is -2.45. The first-order valence-electron chi connectivity index (χ1n) is 16.7. The fraction of sp³-hybridized carbons (Fsp3) is 0.421. The molecule has 11 nitrogen and oxygen atoms in total. The van der Waals surface area contributed by atoms with Crippen LogP contribution in [0.3, 0.4) is 0 Å². The number of carbonyl (C=O) groups is 3. The molecular formula is C38H47N5O6. The van der Waals surface area contributed by atoms with Crippen molar-refractivity contribution in [3.8, 4) is 0 Å². The van der Waals surface area contributed by atoms with Crippen molar-refractivity contribution < 1.29 is 29.0 Å². The van der Waals surface area contributed by atoms with Gasteiger partial charge < -0.3 is 35.1 Å². The van der Waals surface area contributed by atoms with Gasteiger partial charge in [0.1, 0.15) is 11.3 Å². The SMILES string of the molecule is CC(C)(C)NC(=O)OC=Nc1ccc2cc(C(=O)NC3CCC(NC(=O)OC(C)(C)C)CC3)n(Cc3cc(CO)cc4ccccc34)c2c1. The predicted octanol–water partition coefficient (Wildman–Crippen LogP) is 7.09. The number of ether oxygens (including phenoxy) is 2. The van der Waals surface area contributed by atoms with Crippen LogP contribution >= 0.6 is 0 Å². The molecule has 1 aromatic heterocycles. The van der Waals surface area contributed by atoms with Crippen LogP contribution in [0.2, 0.25) is 0 Å². The van der Waals surface area contributed by atoms with Crippen LogP contribution in [0.25, 0.3) is 21.7 Å². The Kier molecular flexibility index (Phi) is 10.6. The summed E-state index contributed by atoms with van der Waals surface area (Å²) in [5, 5.41) is 21.8. The fourth-order valence-electron chi connectivity index (χ4n) is 6.12. The summed E-state index contributed by atoms with van der Waals surface area (Å²) in [6, 6.07) is 19.3. The summed E-state index contributed by atoms with van der Waals surface area (Å²) in [6.07, 6.45) is 2.97. The Hall–Kier alpha value is -4.90. The van der Waals surface area contributed by atoms with Gasteiger partial charge in [-0.1, -0.05) is 36.4 Å². The summed E-state index contributed by atoms with van der Waals surface area (Å²) in [5.74, 6) is -0.199. The molecule has 0 spiro atoms. The quantitative estimate of drug-likeness (QED) is 0.117. The molecule has 3 aromatic carbocycles. The summed E-state index contributed by atoms with van der Waals surface area (Å²) in [7, 11) is 0. The zero-order valence-electron chi connectivity index (χ0n) is 29.1. The second-order valence-electron chi connectivity index (χ2n) is 14.7. The van der Waals surface area contributed by atoms with Crippen LogP contribution in [0.4, 0.5) is 15.3 Å². The Morgan fingerprint density at radius 2 is 1.57 bits per heavy atom. The number of amides is 3. The highest BCUT2D eigenvalue weighted by molar-refractivity contribution is 6.00.